The van der Waals surface area contributed by atoms with E-state index in [-0.39, 0.29) is 0 Å². The second-order valence-corrected chi connectivity index (χ2v) is 6.68. The minimum atomic E-state index is -5.12. The van der Waals surface area contributed by atoms with Crippen molar-refractivity contribution in [2.45, 2.75) is 13.0 Å². The second-order valence-electron chi connectivity index (χ2n) is 4.42. The summed E-state index contributed by atoms with van der Waals surface area (Å²) in [6.07, 6.45) is 2.26. The van der Waals surface area contributed by atoms with E-state index in [4.69, 9.17) is 13.8 Å². The Morgan fingerprint density at radius 1 is 1.21 bits per heavy atom. The normalized spacial score (nSPS) is 17.5. The van der Waals surface area contributed by atoms with Gasteiger partial charge >= 0.3 is 20.8 Å². The van der Waals surface area contributed by atoms with Gasteiger partial charge in [0.25, 0.3) is 0 Å². The standard InChI is InChI=1S/C8H8.C5H11NO.H2O7S2/c1-2-8-6-4-3-5-7-8;1-5-4-6-2-3-7-5;1-8(2,3)7-9(4,5)6/h2-7H,1H2;5-6H,2-4H2,1H3;(H,1,2,3)(H,4,5,6). The Labute approximate surface area is 142 Å². The van der Waals surface area contributed by atoms with Crippen LogP contribution >= 0.6 is 0 Å². The van der Waals surface area contributed by atoms with Crippen LogP contribution in [0.25, 0.3) is 6.08 Å². The van der Waals surface area contributed by atoms with E-state index in [1.807, 2.05) is 36.4 Å². The van der Waals surface area contributed by atoms with E-state index in [0.717, 1.165) is 19.7 Å². The number of morpholine rings is 1. The smallest absolute Gasteiger partial charge is 0.376 e. The van der Waals surface area contributed by atoms with Crippen molar-refractivity contribution in [2.75, 3.05) is 19.7 Å². The summed E-state index contributed by atoms with van der Waals surface area (Å²) in [4.78, 5) is 0. The molecular formula is C13H21NO8S2. The molecule has 0 aromatic heterocycles. The minimum Gasteiger partial charge on any atom is -0.376 e. The molecule has 9 nitrogen and oxygen atoms in total. The Morgan fingerprint density at radius 2 is 1.75 bits per heavy atom. The molecular weight excluding hydrogens is 362 g/mol. The van der Waals surface area contributed by atoms with Crippen LogP contribution in [-0.2, 0) is 29.2 Å². The van der Waals surface area contributed by atoms with Gasteiger partial charge in [-0.1, -0.05) is 43.0 Å². The van der Waals surface area contributed by atoms with Crippen molar-refractivity contribution >= 4 is 26.9 Å². The van der Waals surface area contributed by atoms with Gasteiger partial charge in [-0.25, -0.2) is 0 Å². The number of benzene rings is 1. The molecule has 0 amide bonds. The average Bonchev–Trinajstić information content (AvgIpc) is 2.46. The van der Waals surface area contributed by atoms with Gasteiger partial charge in [-0.15, -0.1) is 3.63 Å². The number of ether oxygens (including phenoxy) is 1. The Kier molecular flexibility index (Phi) is 10.6. The summed E-state index contributed by atoms with van der Waals surface area (Å²) < 4.78 is 60.8. The van der Waals surface area contributed by atoms with Crippen LogP contribution in [0.4, 0.5) is 0 Å². The lowest BCUT2D eigenvalue weighted by Crippen LogP contribution is -2.36. The maximum atomic E-state index is 9.44. The topological polar surface area (TPSA) is 139 Å². The van der Waals surface area contributed by atoms with E-state index in [9.17, 15) is 16.8 Å². The first-order chi connectivity index (χ1) is 11.0. The lowest BCUT2D eigenvalue weighted by molar-refractivity contribution is 0.0410. The van der Waals surface area contributed by atoms with Crippen LogP contribution in [0.3, 0.4) is 0 Å². The van der Waals surface area contributed by atoms with Crippen molar-refractivity contribution in [3.05, 3.63) is 42.5 Å². The zero-order valence-electron chi connectivity index (χ0n) is 13.0. The maximum absolute atomic E-state index is 9.44. The predicted octanol–water partition coefficient (Wildman–Crippen LogP) is 0.933. The molecule has 138 valence electrons. The highest BCUT2D eigenvalue weighted by molar-refractivity contribution is 7.94. The molecule has 1 saturated heterocycles. The maximum Gasteiger partial charge on any atom is 0.413 e. The third-order valence-corrected chi connectivity index (χ3v) is 3.70. The van der Waals surface area contributed by atoms with Crippen molar-refractivity contribution < 1.29 is 34.3 Å². The van der Waals surface area contributed by atoms with Crippen molar-refractivity contribution in [1.29, 1.82) is 0 Å². The van der Waals surface area contributed by atoms with Crippen molar-refractivity contribution in [2.24, 2.45) is 0 Å². The molecule has 1 aliphatic heterocycles. The van der Waals surface area contributed by atoms with Crippen molar-refractivity contribution in [1.82, 2.24) is 5.32 Å². The minimum absolute atomic E-state index is 0.425. The van der Waals surface area contributed by atoms with Gasteiger partial charge in [0.05, 0.1) is 12.7 Å². The first-order valence-corrected chi connectivity index (χ1v) is 9.42. The third-order valence-electron chi connectivity index (χ3n) is 2.32. The van der Waals surface area contributed by atoms with E-state index >= 15 is 0 Å². The molecule has 1 aliphatic rings. The van der Waals surface area contributed by atoms with Gasteiger partial charge < -0.3 is 10.1 Å². The van der Waals surface area contributed by atoms with Gasteiger partial charge in [0.1, 0.15) is 0 Å². The van der Waals surface area contributed by atoms with E-state index in [1.54, 1.807) is 0 Å². The first kappa shape index (κ1) is 22.7. The number of hydrogen-bond acceptors (Lipinski definition) is 7. The quantitative estimate of drug-likeness (QED) is 0.650. The molecule has 11 heteroatoms. The van der Waals surface area contributed by atoms with E-state index in [0.29, 0.717) is 6.10 Å². The van der Waals surface area contributed by atoms with Crippen LogP contribution in [0.2, 0.25) is 0 Å². The molecule has 0 bridgehead atoms. The molecule has 0 saturated carbocycles. The van der Waals surface area contributed by atoms with Gasteiger partial charge in [0, 0.05) is 13.1 Å². The second kappa shape index (κ2) is 11.3. The number of nitrogens with one attached hydrogen (secondary N) is 1. The van der Waals surface area contributed by atoms with Crippen LogP contribution in [-0.4, -0.2) is 51.7 Å². The number of rotatable bonds is 3. The highest BCUT2D eigenvalue weighted by atomic mass is 32.3. The molecule has 1 fully saturated rings. The van der Waals surface area contributed by atoms with Gasteiger partial charge in [0.2, 0.25) is 0 Å². The van der Waals surface area contributed by atoms with Crippen LogP contribution in [0.5, 0.6) is 0 Å². The highest BCUT2D eigenvalue weighted by Crippen LogP contribution is 1.97. The molecule has 1 heterocycles. The largest absolute Gasteiger partial charge is 0.413 e. The molecule has 1 unspecified atom stereocenters. The highest BCUT2D eigenvalue weighted by Gasteiger charge is 2.15. The summed E-state index contributed by atoms with van der Waals surface area (Å²) in [5.41, 5.74) is 1.17. The molecule has 0 aliphatic carbocycles. The molecule has 2 rings (SSSR count). The SMILES string of the molecule is C=Cc1ccccc1.CC1CNCCO1.O=S(=O)(O)OS(=O)(=O)O. The van der Waals surface area contributed by atoms with Crippen molar-refractivity contribution in [3.63, 3.8) is 0 Å². The fraction of sp³-hybridized carbons (Fsp3) is 0.385. The summed E-state index contributed by atoms with van der Waals surface area (Å²) in [7, 11) is -10.2. The summed E-state index contributed by atoms with van der Waals surface area (Å²) >= 11 is 0. The summed E-state index contributed by atoms with van der Waals surface area (Å²) in [6.45, 7) is 8.61. The fourth-order valence-corrected chi connectivity index (χ4v) is 2.26. The average molecular weight is 383 g/mol. The zero-order valence-corrected chi connectivity index (χ0v) is 14.7. The fourth-order valence-electron chi connectivity index (χ4n) is 1.39. The zero-order chi connectivity index (χ0) is 18.6. The predicted molar refractivity (Wildman–Crippen MR) is 89.0 cm³/mol. The van der Waals surface area contributed by atoms with E-state index in [1.165, 1.54) is 5.56 Å². The monoisotopic (exact) mass is 383 g/mol. The van der Waals surface area contributed by atoms with Gasteiger partial charge in [-0.05, 0) is 12.5 Å². The Morgan fingerprint density at radius 3 is 1.96 bits per heavy atom. The molecule has 0 spiro atoms. The molecule has 1 aromatic carbocycles. The van der Waals surface area contributed by atoms with Gasteiger partial charge in [-0.3, -0.25) is 9.11 Å². The molecule has 1 atom stereocenters. The molecule has 1 aromatic rings. The Bertz CT molecular complexity index is 637. The summed E-state index contributed by atoms with van der Waals surface area (Å²) in [5, 5.41) is 3.21. The van der Waals surface area contributed by atoms with Gasteiger partial charge in [0.15, 0.2) is 0 Å². The van der Waals surface area contributed by atoms with Gasteiger partial charge in [-0.2, -0.15) is 16.8 Å². The third kappa shape index (κ3) is 15.6. The van der Waals surface area contributed by atoms with E-state index < -0.39 is 20.8 Å². The van der Waals surface area contributed by atoms with Crippen molar-refractivity contribution in [3.8, 4) is 0 Å². The molecule has 24 heavy (non-hydrogen) atoms. The Hall–Kier alpha value is -1.34. The Balaban J connectivity index is 0.000000332. The van der Waals surface area contributed by atoms with Crippen LogP contribution in [0.1, 0.15) is 12.5 Å². The first-order valence-electron chi connectivity index (χ1n) is 6.69. The van der Waals surface area contributed by atoms with Crippen LogP contribution in [0, 0.1) is 0 Å². The lowest BCUT2D eigenvalue weighted by atomic mass is 10.2. The van der Waals surface area contributed by atoms with E-state index in [2.05, 4.69) is 22.4 Å². The lowest BCUT2D eigenvalue weighted by Gasteiger charge is -2.18. The van der Waals surface area contributed by atoms with Crippen LogP contribution in [0.15, 0.2) is 36.9 Å². The summed E-state index contributed by atoms with van der Waals surface area (Å²) in [6, 6.07) is 10.0. The summed E-state index contributed by atoms with van der Waals surface area (Å²) in [5.74, 6) is 0. The molecule has 3 N–H and O–H groups in total. The molecule has 0 radical (unpaired) electrons. The number of hydrogen-bond donors (Lipinski definition) is 3. The van der Waals surface area contributed by atoms with Crippen LogP contribution < -0.4 is 5.32 Å².